The first-order chi connectivity index (χ1) is 28.2. The van der Waals surface area contributed by atoms with Crippen molar-refractivity contribution in [2.24, 2.45) is 9.98 Å². The molecule has 0 radical (unpaired) electrons. The lowest BCUT2D eigenvalue weighted by Crippen LogP contribution is -2.35. The molecule has 0 bridgehead atoms. The maximum atomic E-state index is 5.14. The lowest BCUT2D eigenvalue weighted by Gasteiger charge is -2.22. The molecule has 0 amide bonds. The molecule has 57 heavy (non-hydrogen) atoms. The smallest absolute Gasteiger partial charge is 0.169 e. The first-order valence-electron chi connectivity index (χ1n) is 19.4. The Balaban J connectivity index is 0.919. The quantitative estimate of drug-likeness (QED) is 0.186. The molecule has 4 heterocycles. The Kier molecular flexibility index (Phi) is 7.43. The summed E-state index contributed by atoms with van der Waals surface area (Å²) in [4.78, 5) is 10.3. The van der Waals surface area contributed by atoms with Crippen LogP contribution in [-0.2, 0) is 0 Å². The molecular weight excluding hydrogens is 733 g/mol. The Hall–Kier alpha value is -6.60. The third-order valence-electron chi connectivity index (χ3n) is 11.6. The Morgan fingerprint density at radius 3 is 1.86 bits per heavy atom. The molecule has 1 unspecified atom stereocenters. The number of rotatable bonds is 5. The number of nitrogens with zero attached hydrogens (tertiary/aromatic N) is 3. The van der Waals surface area contributed by atoms with Gasteiger partial charge >= 0.3 is 0 Å². The number of benzene rings is 7. The Labute approximate surface area is 336 Å². The van der Waals surface area contributed by atoms with Gasteiger partial charge in [0.05, 0.1) is 11.0 Å². The fraction of sp³-hybridized carbons (Fsp3) is 0.0588. The molecule has 4 nitrogen and oxygen atoms in total. The van der Waals surface area contributed by atoms with Gasteiger partial charge in [-0.1, -0.05) is 127 Å². The van der Waals surface area contributed by atoms with Gasteiger partial charge in [-0.15, -0.1) is 22.7 Å². The number of aliphatic imine (C=N–C) groups is 2. The highest BCUT2D eigenvalue weighted by molar-refractivity contribution is 7.25. The normalized spacial score (nSPS) is 15.7. The molecular formula is C51H34N4S2. The van der Waals surface area contributed by atoms with E-state index in [0.29, 0.717) is 5.92 Å². The largest absolute Gasteiger partial charge is 0.324 e. The van der Waals surface area contributed by atoms with E-state index in [1.54, 1.807) is 0 Å². The summed E-state index contributed by atoms with van der Waals surface area (Å²) in [5.74, 6) is 1.97. The van der Waals surface area contributed by atoms with E-state index in [2.05, 4.69) is 174 Å². The van der Waals surface area contributed by atoms with Gasteiger partial charge in [0.2, 0.25) is 0 Å². The summed E-state index contributed by atoms with van der Waals surface area (Å²) in [6.07, 6.45) is 5.63. The van der Waals surface area contributed by atoms with Crippen LogP contribution in [0.15, 0.2) is 174 Å². The predicted octanol–water partition coefficient (Wildman–Crippen LogP) is 11.6. The van der Waals surface area contributed by atoms with E-state index in [0.717, 1.165) is 34.8 Å². The second-order valence-corrected chi connectivity index (χ2v) is 17.1. The monoisotopic (exact) mass is 766 g/mol. The number of thiophene rings is 2. The van der Waals surface area contributed by atoms with Crippen LogP contribution in [0.2, 0.25) is 0 Å². The molecule has 0 saturated carbocycles. The van der Waals surface area contributed by atoms with Crippen molar-refractivity contribution in [1.29, 1.82) is 0 Å². The number of hydrogen-bond acceptors (Lipinski definition) is 5. The Morgan fingerprint density at radius 1 is 0.509 bits per heavy atom. The molecule has 7 aromatic carbocycles. The van der Waals surface area contributed by atoms with Crippen molar-refractivity contribution < 1.29 is 0 Å². The van der Waals surface area contributed by atoms with Crippen LogP contribution in [0, 0.1) is 0 Å². The minimum Gasteiger partial charge on any atom is -0.324 e. The molecule has 6 heteroatoms. The van der Waals surface area contributed by atoms with Gasteiger partial charge in [0, 0.05) is 68.3 Å². The van der Waals surface area contributed by atoms with Crippen molar-refractivity contribution in [3.8, 4) is 5.69 Å². The topological polar surface area (TPSA) is 41.7 Å². The second-order valence-electron chi connectivity index (χ2n) is 14.9. The van der Waals surface area contributed by atoms with Crippen molar-refractivity contribution in [3.63, 3.8) is 0 Å². The van der Waals surface area contributed by atoms with Gasteiger partial charge < -0.3 is 9.88 Å². The summed E-state index contributed by atoms with van der Waals surface area (Å²) in [5, 5.41) is 11.3. The molecule has 1 aliphatic carbocycles. The molecule has 0 saturated heterocycles. The van der Waals surface area contributed by atoms with E-state index in [4.69, 9.17) is 9.98 Å². The molecule has 3 aromatic heterocycles. The lowest BCUT2D eigenvalue weighted by molar-refractivity contribution is 0.757. The molecule has 0 spiro atoms. The van der Waals surface area contributed by atoms with Gasteiger partial charge in [0.1, 0.15) is 11.7 Å². The minimum absolute atomic E-state index is 0.309. The third-order valence-corrected chi connectivity index (χ3v) is 13.9. The average Bonchev–Trinajstić information content (AvgIpc) is 3.95. The molecule has 0 fully saturated rings. The Morgan fingerprint density at radius 2 is 1.14 bits per heavy atom. The van der Waals surface area contributed by atoms with Crippen LogP contribution >= 0.6 is 22.7 Å². The van der Waals surface area contributed by atoms with Gasteiger partial charge in [-0.05, 0) is 71.3 Å². The zero-order valence-electron chi connectivity index (χ0n) is 30.8. The van der Waals surface area contributed by atoms with Crippen LogP contribution in [0.25, 0.3) is 69.9 Å². The van der Waals surface area contributed by atoms with E-state index >= 15 is 0 Å². The van der Waals surface area contributed by atoms with Crippen LogP contribution < -0.4 is 15.1 Å². The second kappa shape index (κ2) is 13.0. The van der Waals surface area contributed by atoms with Crippen molar-refractivity contribution in [1.82, 2.24) is 9.88 Å². The summed E-state index contributed by atoms with van der Waals surface area (Å²) in [7, 11) is 0. The fourth-order valence-corrected chi connectivity index (χ4v) is 11.1. The van der Waals surface area contributed by atoms with Gasteiger partial charge in [-0.3, -0.25) is 0 Å². The molecule has 12 rings (SSSR count). The third kappa shape index (κ3) is 5.40. The summed E-state index contributed by atoms with van der Waals surface area (Å²) >= 11 is 3.78. The standard InChI is InChI=1S/C51H34N4S2/c1-3-11-31(12-4-1)49-52-50(32-13-5-2-6-14-32)54-51(53-49)35-21-25-45-40(28-35)39-23-19-34(29-48(39)57-45)33-20-24-46-41(27-33)42-30-36(22-26-47(42)56-46)55-43-17-9-7-15-37(43)38-16-8-10-18-44(38)55/h1-19,21-30,33,51H,20H2,(H,52,53,54). The van der Waals surface area contributed by atoms with Crippen LogP contribution in [0.3, 0.4) is 0 Å². The van der Waals surface area contributed by atoms with E-state index in [-0.39, 0.29) is 6.17 Å². The lowest BCUT2D eigenvalue weighted by atomic mass is 9.91. The van der Waals surface area contributed by atoms with Crippen LogP contribution in [-0.4, -0.2) is 16.2 Å². The van der Waals surface area contributed by atoms with Crippen molar-refractivity contribution in [2.75, 3.05) is 0 Å². The van der Waals surface area contributed by atoms with Crippen molar-refractivity contribution in [2.45, 2.75) is 18.5 Å². The summed E-state index contributed by atoms with van der Waals surface area (Å²) in [5.41, 5.74) is 8.22. The highest BCUT2D eigenvalue weighted by atomic mass is 32.1. The highest BCUT2D eigenvalue weighted by Crippen LogP contribution is 2.39. The first-order valence-corrected chi connectivity index (χ1v) is 21.1. The van der Waals surface area contributed by atoms with Crippen LogP contribution in [0.1, 0.15) is 40.8 Å². The van der Waals surface area contributed by atoms with Gasteiger partial charge in [0.25, 0.3) is 0 Å². The van der Waals surface area contributed by atoms with Crippen LogP contribution in [0.4, 0.5) is 0 Å². The predicted molar refractivity (Wildman–Crippen MR) is 243 cm³/mol. The SMILES string of the molecule is C1=c2sc3ccc(-n4c5ccccc5c5ccccc54)cc3c2=CC(c2ccc3c(c2)sc2ccc(C4N=C(c5ccccc5)NC(c5ccccc5)=N4)cc23)C1. The van der Waals surface area contributed by atoms with E-state index in [9.17, 15) is 0 Å². The zero-order chi connectivity index (χ0) is 37.5. The highest BCUT2D eigenvalue weighted by Gasteiger charge is 2.22. The molecule has 1 aliphatic heterocycles. The first kappa shape index (κ1) is 32.6. The number of para-hydroxylation sites is 2. The van der Waals surface area contributed by atoms with Gasteiger partial charge in [-0.2, -0.15) is 0 Å². The van der Waals surface area contributed by atoms with E-state index in [1.165, 1.54) is 73.1 Å². The maximum absolute atomic E-state index is 5.14. The molecule has 2 aliphatic rings. The van der Waals surface area contributed by atoms with E-state index in [1.807, 2.05) is 34.8 Å². The van der Waals surface area contributed by atoms with Gasteiger partial charge in [0.15, 0.2) is 6.17 Å². The summed E-state index contributed by atoms with van der Waals surface area (Å²) in [6, 6.07) is 59.0. The fourth-order valence-electron chi connectivity index (χ4n) is 8.81. The average molecular weight is 767 g/mol. The number of hydrogen-bond donors (Lipinski definition) is 1. The number of fused-ring (bicyclic) bond motifs is 9. The van der Waals surface area contributed by atoms with Crippen molar-refractivity contribution >= 4 is 98.6 Å². The summed E-state index contributed by atoms with van der Waals surface area (Å²) in [6.45, 7) is 0. The van der Waals surface area contributed by atoms with E-state index < -0.39 is 0 Å². The maximum Gasteiger partial charge on any atom is 0.169 e. The van der Waals surface area contributed by atoms with Crippen molar-refractivity contribution in [3.05, 3.63) is 196 Å². The summed E-state index contributed by atoms with van der Waals surface area (Å²) < 4.78 is 7.73. The number of aromatic nitrogens is 1. The van der Waals surface area contributed by atoms with Gasteiger partial charge in [-0.25, -0.2) is 9.98 Å². The molecule has 270 valence electrons. The molecule has 1 atom stereocenters. The Bertz CT molecular complexity index is 3320. The zero-order valence-corrected chi connectivity index (χ0v) is 32.4. The molecule has 10 aromatic rings. The number of amidine groups is 2. The minimum atomic E-state index is -0.354. The number of nitrogens with one attached hydrogen (secondary N) is 1. The molecule has 1 N–H and O–H groups in total. The van der Waals surface area contributed by atoms with Crippen LogP contribution in [0.5, 0.6) is 0 Å².